The molecule has 0 bridgehead atoms. The van der Waals surface area contributed by atoms with Gasteiger partial charge >= 0.3 is 0 Å². The van der Waals surface area contributed by atoms with Crippen LogP contribution in [0.3, 0.4) is 0 Å². The summed E-state index contributed by atoms with van der Waals surface area (Å²) in [5.41, 5.74) is 0.370. The van der Waals surface area contributed by atoms with Crippen LogP contribution < -0.4 is 9.47 Å². The maximum absolute atomic E-state index is 13.3. The van der Waals surface area contributed by atoms with Crippen LogP contribution in [0.1, 0.15) is 11.1 Å². The fourth-order valence-corrected chi connectivity index (χ4v) is 2.22. The maximum Gasteiger partial charge on any atom is 0.170 e. The Morgan fingerprint density at radius 3 is 2.08 bits per heavy atom. The normalized spacial score (nSPS) is 9.72. The average Bonchev–Trinajstić information content (AvgIpc) is 2.63. The predicted octanol–water partition coefficient (Wildman–Crippen LogP) is 5.15. The first kappa shape index (κ1) is 16.0. The van der Waals surface area contributed by atoms with Crippen LogP contribution in [-0.4, -0.2) is 0 Å². The van der Waals surface area contributed by atoms with Crippen LogP contribution in [0.4, 0.5) is 4.39 Å². The van der Waals surface area contributed by atoms with Crippen LogP contribution in [-0.2, 0) is 0 Å². The van der Waals surface area contributed by atoms with Gasteiger partial charge in [-0.3, -0.25) is 0 Å². The smallest absolute Gasteiger partial charge is 0.170 e. The molecule has 3 aromatic carbocycles. The lowest BCUT2D eigenvalue weighted by atomic mass is 10.1. The Balaban J connectivity index is 1.95. The second-order valence-corrected chi connectivity index (χ2v) is 5.01. The molecule has 4 nitrogen and oxygen atoms in total. The van der Waals surface area contributed by atoms with Crippen molar-refractivity contribution in [2.45, 2.75) is 0 Å². The van der Waals surface area contributed by atoms with Crippen LogP contribution in [0.15, 0.2) is 66.7 Å². The zero-order valence-electron chi connectivity index (χ0n) is 12.9. The summed E-state index contributed by atoms with van der Waals surface area (Å²) in [5, 5.41) is 18.4. The lowest BCUT2D eigenvalue weighted by Gasteiger charge is -2.13. The number of hydrogen-bond donors (Lipinski definition) is 0. The van der Waals surface area contributed by atoms with Gasteiger partial charge in [0.25, 0.3) is 0 Å². The van der Waals surface area contributed by atoms with Gasteiger partial charge in [0.05, 0.1) is 5.56 Å². The van der Waals surface area contributed by atoms with E-state index in [1.165, 1.54) is 18.2 Å². The van der Waals surface area contributed by atoms with Crippen LogP contribution >= 0.6 is 0 Å². The molecular weight excluding hydrogens is 319 g/mol. The summed E-state index contributed by atoms with van der Waals surface area (Å²) < 4.78 is 24.8. The fourth-order valence-electron chi connectivity index (χ4n) is 2.22. The standard InChI is InChI=1S/C20H11FN2O2/c21-15-6-4-7-16(11-15)24-19-8-1-2-9-20(19)25-18-10-3-5-14(12-22)17(18)13-23/h1-11H. The molecule has 0 radical (unpaired) electrons. The number of nitriles is 2. The van der Waals surface area contributed by atoms with Gasteiger partial charge in [0.1, 0.15) is 35.0 Å². The van der Waals surface area contributed by atoms with Crippen molar-refractivity contribution in [1.29, 1.82) is 10.5 Å². The fraction of sp³-hybridized carbons (Fsp3) is 0. The molecule has 25 heavy (non-hydrogen) atoms. The predicted molar refractivity (Wildman–Crippen MR) is 88.9 cm³/mol. The Kier molecular flexibility index (Phi) is 4.60. The van der Waals surface area contributed by atoms with E-state index in [0.717, 1.165) is 0 Å². The van der Waals surface area contributed by atoms with E-state index in [4.69, 9.17) is 14.7 Å². The molecule has 0 unspecified atom stereocenters. The molecule has 0 heterocycles. The Bertz CT molecular complexity index is 1000. The Hall–Kier alpha value is -3.83. The molecule has 0 atom stereocenters. The minimum atomic E-state index is -0.413. The highest BCUT2D eigenvalue weighted by Crippen LogP contribution is 2.36. The van der Waals surface area contributed by atoms with Crippen molar-refractivity contribution < 1.29 is 13.9 Å². The lowest BCUT2D eigenvalue weighted by Crippen LogP contribution is -1.94. The van der Waals surface area contributed by atoms with Crippen LogP contribution in [0.2, 0.25) is 0 Å². The molecule has 3 aromatic rings. The molecule has 0 fully saturated rings. The molecule has 0 aliphatic heterocycles. The quantitative estimate of drug-likeness (QED) is 0.663. The minimum absolute atomic E-state index is 0.144. The van der Waals surface area contributed by atoms with Crippen LogP contribution in [0.25, 0.3) is 0 Å². The van der Waals surface area contributed by atoms with Crippen molar-refractivity contribution in [3.05, 3.63) is 83.7 Å². The first-order valence-corrected chi connectivity index (χ1v) is 7.35. The van der Waals surface area contributed by atoms with E-state index in [1.807, 2.05) is 12.1 Å². The molecule has 120 valence electrons. The van der Waals surface area contributed by atoms with Gasteiger partial charge in [-0.2, -0.15) is 10.5 Å². The summed E-state index contributed by atoms with van der Waals surface area (Å²) in [6.07, 6.45) is 0. The van der Waals surface area contributed by atoms with Crippen LogP contribution in [0.5, 0.6) is 23.0 Å². The molecule has 0 amide bonds. The second kappa shape index (κ2) is 7.16. The zero-order chi connectivity index (χ0) is 17.6. The third-order valence-corrected chi connectivity index (χ3v) is 3.35. The number of ether oxygens (including phenoxy) is 2. The number of hydrogen-bond acceptors (Lipinski definition) is 4. The molecule has 0 aliphatic rings. The molecule has 0 saturated carbocycles. The number of benzene rings is 3. The Morgan fingerprint density at radius 2 is 1.40 bits per heavy atom. The zero-order valence-corrected chi connectivity index (χ0v) is 12.9. The highest BCUT2D eigenvalue weighted by atomic mass is 19.1. The number of nitrogens with zero attached hydrogens (tertiary/aromatic N) is 2. The van der Waals surface area contributed by atoms with E-state index < -0.39 is 5.82 Å². The summed E-state index contributed by atoms with van der Waals surface area (Å²) in [6.45, 7) is 0. The van der Waals surface area contributed by atoms with E-state index >= 15 is 0 Å². The highest BCUT2D eigenvalue weighted by molar-refractivity contribution is 5.56. The van der Waals surface area contributed by atoms with Gasteiger partial charge in [-0.15, -0.1) is 0 Å². The lowest BCUT2D eigenvalue weighted by molar-refractivity contribution is 0.416. The highest BCUT2D eigenvalue weighted by Gasteiger charge is 2.13. The Labute approximate surface area is 143 Å². The third-order valence-electron chi connectivity index (χ3n) is 3.35. The molecule has 0 N–H and O–H groups in total. The van der Waals surface area contributed by atoms with Crippen molar-refractivity contribution in [1.82, 2.24) is 0 Å². The van der Waals surface area contributed by atoms with Gasteiger partial charge < -0.3 is 9.47 Å². The van der Waals surface area contributed by atoms with E-state index in [0.29, 0.717) is 17.2 Å². The molecule has 5 heteroatoms. The molecule has 0 aromatic heterocycles. The van der Waals surface area contributed by atoms with Crippen molar-refractivity contribution in [2.75, 3.05) is 0 Å². The van der Waals surface area contributed by atoms with Crippen molar-refractivity contribution >= 4 is 0 Å². The topological polar surface area (TPSA) is 66.0 Å². The van der Waals surface area contributed by atoms with Gasteiger partial charge in [0.15, 0.2) is 11.5 Å². The molecule has 0 spiro atoms. The third kappa shape index (κ3) is 3.57. The Morgan fingerprint density at radius 1 is 0.720 bits per heavy atom. The van der Waals surface area contributed by atoms with Crippen molar-refractivity contribution in [3.63, 3.8) is 0 Å². The minimum Gasteiger partial charge on any atom is -0.453 e. The number of para-hydroxylation sites is 2. The first-order valence-electron chi connectivity index (χ1n) is 7.35. The first-order chi connectivity index (χ1) is 12.2. The van der Waals surface area contributed by atoms with E-state index in [-0.39, 0.29) is 16.9 Å². The average molecular weight is 330 g/mol. The van der Waals surface area contributed by atoms with Crippen LogP contribution in [0, 0.1) is 28.5 Å². The van der Waals surface area contributed by atoms with Crippen molar-refractivity contribution in [2.24, 2.45) is 0 Å². The van der Waals surface area contributed by atoms with E-state index in [9.17, 15) is 9.65 Å². The number of rotatable bonds is 4. The monoisotopic (exact) mass is 330 g/mol. The maximum atomic E-state index is 13.3. The summed E-state index contributed by atoms with van der Waals surface area (Å²) in [7, 11) is 0. The summed E-state index contributed by atoms with van der Waals surface area (Å²) >= 11 is 0. The molecule has 0 saturated heterocycles. The molecular formula is C20H11FN2O2. The SMILES string of the molecule is N#Cc1cccc(Oc2ccccc2Oc2cccc(F)c2)c1C#N. The van der Waals surface area contributed by atoms with E-state index in [2.05, 4.69) is 0 Å². The second-order valence-electron chi connectivity index (χ2n) is 5.01. The summed E-state index contributed by atoms with van der Waals surface area (Å²) in [4.78, 5) is 0. The van der Waals surface area contributed by atoms with Gasteiger partial charge in [-0.25, -0.2) is 4.39 Å². The largest absolute Gasteiger partial charge is 0.453 e. The van der Waals surface area contributed by atoms with Gasteiger partial charge in [0, 0.05) is 6.07 Å². The molecule has 3 rings (SSSR count). The van der Waals surface area contributed by atoms with Gasteiger partial charge in [0.2, 0.25) is 0 Å². The van der Waals surface area contributed by atoms with Crippen molar-refractivity contribution in [3.8, 4) is 35.1 Å². The summed E-state index contributed by atoms with van der Waals surface area (Å²) in [6, 6.07) is 21.3. The summed E-state index contributed by atoms with van der Waals surface area (Å²) in [5.74, 6) is 0.862. The number of halogens is 1. The van der Waals surface area contributed by atoms with Gasteiger partial charge in [-0.05, 0) is 36.4 Å². The van der Waals surface area contributed by atoms with E-state index in [1.54, 1.807) is 48.5 Å². The van der Waals surface area contributed by atoms with Gasteiger partial charge in [-0.1, -0.05) is 24.3 Å². The molecule has 0 aliphatic carbocycles.